The van der Waals surface area contributed by atoms with E-state index in [1.165, 1.54) is 0 Å². The molecule has 0 saturated carbocycles. The molecule has 0 aromatic rings. The summed E-state index contributed by atoms with van der Waals surface area (Å²) in [4.78, 5) is 0. The van der Waals surface area contributed by atoms with Gasteiger partial charge >= 0.3 is 0 Å². The van der Waals surface area contributed by atoms with Crippen LogP contribution in [0, 0.1) is 0 Å². The topological polar surface area (TPSA) is 0 Å². The van der Waals surface area contributed by atoms with Crippen molar-refractivity contribution in [2.75, 3.05) is 6.66 Å². The molecule has 0 saturated heterocycles. The van der Waals surface area contributed by atoms with Crippen LogP contribution in [0.25, 0.3) is 0 Å². The summed E-state index contributed by atoms with van der Waals surface area (Å²) in [6.07, 6.45) is 0. The molecule has 0 bridgehead atoms. The van der Waals surface area contributed by atoms with Crippen molar-refractivity contribution in [2.24, 2.45) is 0 Å². The van der Waals surface area contributed by atoms with Crippen molar-refractivity contribution in [3.8, 4) is 0 Å². The highest BCUT2D eigenvalue weighted by Gasteiger charge is 2.09. The Kier molecular flexibility index (Phi) is 0.613. The van der Waals surface area contributed by atoms with Crippen LogP contribution in [0.3, 0.4) is 0 Å². The van der Waals surface area contributed by atoms with E-state index in [0.29, 0.717) is 0 Å². The summed E-state index contributed by atoms with van der Waals surface area (Å²) in [5, 5.41) is 0. The third-order valence-electron chi connectivity index (χ3n) is 1.12. The maximum atomic E-state index is 2.44. The minimum Gasteiger partial charge on any atom is -0.118 e. The highest BCUT2D eigenvalue weighted by atomic mass is 31.1. The van der Waals surface area contributed by atoms with Gasteiger partial charge in [0.15, 0.2) is 0 Å². The van der Waals surface area contributed by atoms with Gasteiger partial charge in [0.2, 0.25) is 0 Å². The van der Waals surface area contributed by atoms with Gasteiger partial charge in [-0.1, -0.05) is 12.7 Å². The largest absolute Gasteiger partial charge is 0.118 e. The van der Waals surface area contributed by atoms with E-state index in [2.05, 4.69) is 19.4 Å². The minimum atomic E-state index is 0.168. The van der Waals surface area contributed by atoms with Gasteiger partial charge in [0.25, 0.3) is 0 Å². The van der Waals surface area contributed by atoms with Gasteiger partial charge in [-0.2, -0.15) is 0 Å². The molecule has 0 spiro atoms. The first-order valence-electron chi connectivity index (χ1n) is 1.99. The van der Waals surface area contributed by atoms with Crippen LogP contribution >= 0.6 is 7.55 Å². The molecule has 1 aliphatic rings. The summed E-state index contributed by atoms with van der Waals surface area (Å²) < 4.78 is 0. The zero-order chi connectivity index (χ0) is 3.86. The summed E-state index contributed by atoms with van der Waals surface area (Å²) in [6.45, 7) is 4.63. The lowest BCUT2D eigenvalue weighted by Gasteiger charge is -1.70. The van der Waals surface area contributed by atoms with Gasteiger partial charge in [0, 0.05) is 0 Å². The van der Waals surface area contributed by atoms with E-state index in [-0.39, 0.29) is 7.55 Å². The van der Waals surface area contributed by atoms with Crippen LogP contribution in [0.4, 0.5) is 0 Å². The molecular formula is C4H9P. The van der Waals surface area contributed by atoms with Crippen molar-refractivity contribution in [3.63, 3.8) is 0 Å². The number of hydrogen-bond donors (Lipinski definition) is 0. The van der Waals surface area contributed by atoms with Crippen molar-refractivity contribution >= 4 is 13.3 Å². The maximum absolute atomic E-state index is 2.44. The molecule has 30 valence electrons. The molecular weight excluding hydrogens is 79.0 g/mol. The highest BCUT2D eigenvalue weighted by molar-refractivity contribution is 7.68. The second kappa shape index (κ2) is 0.879. The van der Waals surface area contributed by atoms with Gasteiger partial charge < -0.3 is 0 Å². The molecule has 0 fully saturated rings. The molecule has 0 aliphatic carbocycles. The van der Waals surface area contributed by atoms with Crippen LogP contribution in [0.1, 0.15) is 6.92 Å². The van der Waals surface area contributed by atoms with Crippen molar-refractivity contribution in [1.82, 2.24) is 0 Å². The smallest absolute Gasteiger partial charge is 0.00875 e. The second-order valence-electron chi connectivity index (χ2n) is 1.70. The van der Waals surface area contributed by atoms with Crippen molar-refractivity contribution in [1.29, 1.82) is 0 Å². The Morgan fingerprint density at radius 1 is 1.80 bits per heavy atom. The molecule has 1 heterocycles. The first-order chi connectivity index (χ1) is 2.30. The molecule has 0 amide bonds. The van der Waals surface area contributed by atoms with Crippen molar-refractivity contribution in [3.05, 3.63) is 0 Å². The highest BCUT2D eigenvalue weighted by Crippen LogP contribution is 2.36. The van der Waals surface area contributed by atoms with E-state index in [4.69, 9.17) is 0 Å². The number of hydrogen-bond acceptors (Lipinski definition) is 0. The van der Waals surface area contributed by atoms with Gasteiger partial charge in [-0.25, -0.2) is 0 Å². The first-order valence-corrected chi connectivity index (χ1v) is 4.14. The van der Waals surface area contributed by atoms with E-state index in [1.54, 1.807) is 0 Å². The molecule has 2 unspecified atom stereocenters. The Labute approximate surface area is 33.6 Å². The van der Waals surface area contributed by atoms with Crippen LogP contribution in [-0.4, -0.2) is 18.1 Å². The summed E-state index contributed by atoms with van der Waals surface area (Å²) in [7, 11) is 0.168. The number of rotatable bonds is 0. The van der Waals surface area contributed by atoms with E-state index in [1.807, 2.05) is 0 Å². The molecule has 1 heteroatoms. The fourth-order valence-corrected chi connectivity index (χ4v) is 1.54. The van der Waals surface area contributed by atoms with Gasteiger partial charge in [0.05, 0.1) is 0 Å². The Morgan fingerprint density at radius 3 is 2.00 bits per heavy atom. The normalized spacial score (nSPS) is 47.6. The van der Waals surface area contributed by atoms with Gasteiger partial charge in [-0.05, 0) is 12.3 Å². The lowest BCUT2D eigenvalue weighted by molar-refractivity contribution is 1.40. The molecule has 1 aliphatic heterocycles. The van der Waals surface area contributed by atoms with E-state index in [9.17, 15) is 0 Å². The molecule has 0 nitrogen and oxygen atoms in total. The van der Waals surface area contributed by atoms with E-state index in [0.717, 1.165) is 5.66 Å². The molecule has 0 N–H and O–H groups in total. The Hall–Kier alpha value is 0.300. The average Bonchev–Trinajstić information content (AvgIpc) is 1.79. The van der Waals surface area contributed by atoms with Crippen LogP contribution in [0.2, 0.25) is 0 Å². The monoisotopic (exact) mass is 88.0 g/mol. The summed E-state index contributed by atoms with van der Waals surface area (Å²) in [5.74, 6) is 2.44. The maximum Gasteiger partial charge on any atom is -0.00875 e. The molecule has 1 rings (SSSR count). The second-order valence-corrected chi connectivity index (χ2v) is 4.43. The molecule has 0 radical (unpaired) electrons. The molecule has 5 heavy (non-hydrogen) atoms. The predicted octanol–water partition coefficient (Wildman–Crippen LogP) is 1.03. The molecule has 0 aromatic carbocycles. The van der Waals surface area contributed by atoms with Crippen LogP contribution in [0.5, 0.6) is 0 Å². The van der Waals surface area contributed by atoms with Gasteiger partial charge in [-0.3, -0.25) is 0 Å². The van der Waals surface area contributed by atoms with E-state index >= 15 is 0 Å². The van der Waals surface area contributed by atoms with Crippen LogP contribution in [-0.2, 0) is 0 Å². The molecule has 2 atom stereocenters. The quantitative estimate of drug-likeness (QED) is 0.388. The SMILES string of the molecule is CC1C=[PH]1C. The molecule has 0 aromatic heterocycles. The summed E-state index contributed by atoms with van der Waals surface area (Å²) in [5.41, 5.74) is 1.03. The van der Waals surface area contributed by atoms with Gasteiger partial charge in [-0.15, -0.1) is 7.55 Å². The van der Waals surface area contributed by atoms with Crippen molar-refractivity contribution < 1.29 is 0 Å². The van der Waals surface area contributed by atoms with Gasteiger partial charge in [0.1, 0.15) is 0 Å². The Morgan fingerprint density at radius 2 is 2.00 bits per heavy atom. The predicted molar refractivity (Wildman–Crippen MR) is 29.8 cm³/mol. The minimum absolute atomic E-state index is 0.168. The van der Waals surface area contributed by atoms with Crippen LogP contribution < -0.4 is 0 Å². The summed E-state index contributed by atoms with van der Waals surface area (Å²) in [6, 6.07) is 0. The Balaban J connectivity index is 2.38. The third-order valence-corrected chi connectivity index (χ3v) is 3.37. The third kappa shape index (κ3) is 0.573. The lowest BCUT2D eigenvalue weighted by atomic mass is 10.6. The van der Waals surface area contributed by atoms with E-state index < -0.39 is 0 Å². The van der Waals surface area contributed by atoms with Crippen molar-refractivity contribution in [2.45, 2.75) is 12.6 Å². The zero-order valence-corrected chi connectivity index (χ0v) is 4.65. The average molecular weight is 88.1 g/mol. The summed E-state index contributed by atoms with van der Waals surface area (Å²) >= 11 is 0. The Bertz CT molecular complexity index is 73.7. The fourth-order valence-electron chi connectivity index (χ4n) is 0.346. The lowest BCUT2D eigenvalue weighted by Crippen LogP contribution is -1.65. The standard InChI is InChI=1S/C4H9P/c1-4-3-5(4)2/h3-5H,1-2H3. The fraction of sp³-hybridized carbons (Fsp3) is 0.750. The first kappa shape index (κ1) is 3.49. The zero-order valence-electron chi connectivity index (χ0n) is 3.65. The van der Waals surface area contributed by atoms with Crippen LogP contribution in [0.15, 0.2) is 0 Å².